The topological polar surface area (TPSA) is 103 Å². The number of aliphatic carboxylic acids is 1. The Labute approximate surface area is 262 Å². The second kappa shape index (κ2) is 16.5. The van der Waals surface area contributed by atoms with E-state index in [9.17, 15) is 19.5 Å². The van der Waals surface area contributed by atoms with Crippen LogP contribution in [-0.2, 0) is 23.9 Å². The summed E-state index contributed by atoms with van der Waals surface area (Å²) in [5.41, 5.74) is -1.05. The molecule has 1 N–H and O–H groups in total. The van der Waals surface area contributed by atoms with Crippen LogP contribution in [0.25, 0.3) is 0 Å². The fourth-order valence-electron chi connectivity index (χ4n) is 5.32. The molecule has 0 aromatic rings. The van der Waals surface area contributed by atoms with E-state index < -0.39 is 29.2 Å². The van der Waals surface area contributed by atoms with Gasteiger partial charge >= 0.3 is 17.9 Å². The maximum atomic E-state index is 13.5. The monoisotopic (exact) mass is 612 g/mol. The number of carbonyl (C=O) groups excluding carboxylic acids is 2. The zero-order valence-electron chi connectivity index (χ0n) is 29.5. The summed E-state index contributed by atoms with van der Waals surface area (Å²) in [6.07, 6.45) is 0.0322. The highest BCUT2D eigenvalue weighted by atomic mass is 16.6. The van der Waals surface area contributed by atoms with E-state index >= 15 is 0 Å². The molecule has 0 aromatic carbocycles. The maximum Gasteiger partial charge on any atom is 0.323 e. The summed E-state index contributed by atoms with van der Waals surface area (Å²) in [7, 11) is 0. The summed E-state index contributed by atoms with van der Waals surface area (Å²) in [6.45, 7) is 32.1. The van der Waals surface area contributed by atoms with Crippen molar-refractivity contribution in [2.45, 2.75) is 113 Å². The number of esters is 2. The van der Waals surface area contributed by atoms with Crippen LogP contribution in [0.1, 0.15) is 95.9 Å². The van der Waals surface area contributed by atoms with Crippen molar-refractivity contribution in [2.24, 2.45) is 10.8 Å². The van der Waals surface area contributed by atoms with Gasteiger partial charge in [0.1, 0.15) is 17.2 Å². The smallest absolute Gasteiger partial charge is 0.323 e. The number of hydrogen-bond donors (Lipinski definition) is 1. The molecule has 1 aliphatic rings. The van der Waals surface area contributed by atoms with Gasteiger partial charge in [-0.05, 0) is 58.8 Å². The third-order valence-electron chi connectivity index (χ3n) is 6.79. The SMILES string of the molecule is CC(C)(C)CN1CCN(CC(=O)OC(C)(C)C)CCN([C@H](CCC(=O)O)C(=O)OC(C)(C)C)CCN(CC(C)(C)C)CC1. The molecule has 1 saturated heterocycles. The third kappa shape index (κ3) is 19.3. The summed E-state index contributed by atoms with van der Waals surface area (Å²) >= 11 is 0. The molecule has 1 rings (SSSR count). The molecule has 1 heterocycles. The van der Waals surface area contributed by atoms with Crippen molar-refractivity contribution in [1.29, 1.82) is 0 Å². The van der Waals surface area contributed by atoms with E-state index in [4.69, 9.17) is 9.47 Å². The van der Waals surface area contributed by atoms with Gasteiger partial charge in [-0.3, -0.25) is 24.2 Å². The van der Waals surface area contributed by atoms with Gasteiger partial charge in [-0.1, -0.05) is 41.5 Å². The summed E-state index contributed by atoms with van der Waals surface area (Å²) in [4.78, 5) is 47.1. The number of carboxylic acid groups (broad SMARTS) is 1. The van der Waals surface area contributed by atoms with Crippen molar-refractivity contribution < 1.29 is 29.0 Å². The first-order valence-electron chi connectivity index (χ1n) is 16.0. The minimum atomic E-state index is -0.942. The highest BCUT2D eigenvalue weighted by Gasteiger charge is 2.32. The molecule has 1 fully saturated rings. The first-order valence-corrected chi connectivity index (χ1v) is 16.0. The molecule has 0 amide bonds. The second-order valence-corrected chi connectivity index (χ2v) is 16.6. The Morgan fingerprint density at radius 1 is 0.628 bits per heavy atom. The van der Waals surface area contributed by atoms with E-state index in [-0.39, 0.29) is 36.2 Å². The van der Waals surface area contributed by atoms with E-state index in [0.717, 1.165) is 39.3 Å². The molecule has 252 valence electrons. The van der Waals surface area contributed by atoms with Gasteiger partial charge in [-0.2, -0.15) is 0 Å². The van der Waals surface area contributed by atoms with E-state index in [1.165, 1.54) is 0 Å². The number of carboxylic acids is 1. The molecular formula is C33H64N4O6. The van der Waals surface area contributed by atoms with Crippen molar-refractivity contribution >= 4 is 17.9 Å². The standard InChI is InChI=1S/C33H64N4O6/c1-30(2,3)24-35-16-15-34(23-28(40)42-32(7,8)9)19-21-37(22-20-36(18-17-35)25-31(4,5)6)26(13-14-27(38)39)29(41)43-33(10,11)12/h26H,13-25H2,1-12H3,(H,38,39)/t26-/m1/s1. The first kappa shape index (κ1) is 39.3. The average molecular weight is 613 g/mol. The predicted octanol–water partition coefficient (Wildman–Crippen LogP) is 4.22. The Morgan fingerprint density at radius 3 is 1.42 bits per heavy atom. The number of hydrogen-bond acceptors (Lipinski definition) is 9. The number of ether oxygens (including phenoxy) is 2. The second-order valence-electron chi connectivity index (χ2n) is 16.6. The summed E-state index contributed by atoms with van der Waals surface area (Å²) in [5, 5.41) is 9.49. The molecule has 43 heavy (non-hydrogen) atoms. The van der Waals surface area contributed by atoms with Crippen molar-refractivity contribution in [2.75, 3.05) is 72.0 Å². The van der Waals surface area contributed by atoms with Gasteiger partial charge in [-0.25, -0.2) is 0 Å². The van der Waals surface area contributed by atoms with E-state index in [1.807, 2.05) is 41.5 Å². The lowest BCUT2D eigenvalue weighted by Gasteiger charge is -2.39. The lowest BCUT2D eigenvalue weighted by Crippen LogP contribution is -2.53. The van der Waals surface area contributed by atoms with Crippen LogP contribution < -0.4 is 0 Å². The molecule has 10 heteroatoms. The Hall–Kier alpha value is -1.75. The Bertz CT molecular complexity index is 882. The largest absolute Gasteiger partial charge is 0.481 e. The van der Waals surface area contributed by atoms with E-state index in [0.29, 0.717) is 26.2 Å². The van der Waals surface area contributed by atoms with Crippen LogP contribution in [0, 0.1) is 10.8 Å². The Kier molecular flexibility index (Phi) is 15.1. The van der Waals surface area contributed by atoms with Crippen LogP contribution in [0.4, 0.5) is 0 Å². The molecule has 10 nitrogen and oxygen atoms in total. The fraction of sp³-hybridized carbons (Fsp3) is 0.909. The molecule has 1 aliphatic heterocycles. The molecular weight excluding hydrogens is 548 g/mol. The van der Waals surface area contributed by atoms with E-state index in [2.05, 4.69) is 61.1 Å². The first-order chi connectivity index (χ1) is 19.4. The van der Waals surface area contributed by atoms with Gasteiger partial charge in [0.05, 0.1) is 6.54 Å². The van der Waals surface area contributed by atoms with Crippen LogP contribution in [0.3, 0.4) is 0 Å². The molecule has 0 spiro atoms. The fourth-order valence-corrected chi connectivity index (χ4v) is 5.32. The van der Waals surface area contributed by atoms with Crippen LogP contribution >= 0.6 is 0 Å². The van der Waals surface area contributed by atoms with Gasteiger partial charge < -0.3 is 24.4 Å². The Balaban J connectivity index is 3.41. The third-order valence-corrected chi connectivity index (χ3v) is 6.79. The predicted molar refractivity (Wildman–Crippen MR) is 172 cm³/mol. The van der Waals surface area contributed by atoms with Crippen molar-refractivity contribution in [3.63, 3.8) is 0 Å². The van der Waals surface area contributed by atoms with Gasteiger partial charge in [0.25, 0.3) is 0 Å². The normalized spacial score (nSPS) is 19.3. The van der Waals surface area contributed by atoms with Gasteiger partial charge in [0.2, 0.25) is 0 Å². The highest BCUT2D eigenvalue weighted by molar-refractivity contribution is 5.77. The number of nitrogens with zero attached hydrogens (tertiary/aromatic N) is 4. The zero-order chi connectivity index (χ0) is 33.2. The van der Waals surface area contributed by atoms with Crippen molar-refractivity contribution in [3.05, 3.63) is 0 Å². The van der Waals surface area contributed by atoms with Crippen LogP contribution in [0.15, 0.2) is 0 Å². The van der Waals surface area contributed by atoms with Gasteiger partial charge in [0, 0.05) is 71.9 Å². The summed E-state index contributed by atoms with van der Waals surface area (Å²) < 4.78 is 11.5. The molecule has 0 saturated carbocycles. The zero-order valence-corrected chi connectivity index (χ0v) is 29.5. The van der Waals surface area contributed by atoms with Crippen molar-refractivity contribution in [3.8, 4) is 0 Å². The lowest BCUT2D eigenvalue weighted by atomic mass is 9.95. The summed E-state index contributed by atoms with van der Waals surface area (Å²) in [5.74, 6) is -1.62. The highest BCUT2D eigenvalue weighted by Crippen LogP contribution is 2.20. The molecule has 0 unspecified atom stereocenters. The minimum Gasteiger partial charge on any atom is -0.481 e. The van der Waals surface area contributed by atoms with Crippen LogP contribution in [0.2, 0.25) is 0 Å². The maximum absolute atomic E-state index is 13.5. The summed E-state index contributed by atoms with van der Waals surface area (Å²) in [6, 6.07) is -0.699. The van der Waals surface area contributed by atoms with Crippen molar-refractivity contribution in [1.82, 2.24) is 19.6 Å². The molecule has 0 aromatic heterocycles. The van der Waals surface area contributed by atoms with Crippen LogP contribution in [-0.4, -0.2) is 132 Å². The average Bonchev–Trinajstić information content (AvgIpc) is 2.75. The quantitative estimate of drug-likeness (QED) is 0.381. The van der Waals surface area contributed by atoms with Crippen LogP contribution in [0.5, 0.6) is 0 Å². The lowest BCUT2D eigenvalue weighted by molar-refractivity contribution is -0.163. The molecule has 0 radical (unpaired) electrons. The van der Waals surface area contributed by atoms with E-state index in [1.54, 1.807) is 0 Å². The Morgan fingerprint density at radius 2 is 1.02 bits per heavy atom. The number of carbonyl (C=O) groups is 3. The van der Waals surface area contributed by atoms with Gasteiger partial charge in [-0.15, -0.1) is 0 Å². The molecule has 0 bridgehead atoms. The molecule has 0 aliphatic carbocycles. The minimum absolute atomic E-state index is 0.0921. The molecule has 1 atom stereocenters. The van der Waals surface area contributed by atoms with Gasteiger partial charge in [0.15, 0.2) is 0 Å². The number of rotatable bonds is 9.